The number of nitrogens with two attached hydrogens (primary N) is 1. The molecule has 2 aromatic heterocycles. The third-order valence-corrected chi connectivity index (χ3v) is 8.99. The number of halogens is 3. The van der Waals surface area contributed by atoms with E-state index in [1.54, 1.807) is 28.9 Å². The average molecular weight is 610 g/mol. The van der Waals surface area contributed by atoms with Crippen LogP contribution in [0.4, 0.5) is 13.2 Å². The van der Waals surface area contributed by atoms with Crippen LogP contribution in [0.25, 0.3) is 27.5 Å². The molecule has 0 spiro atoms. The number of hydrogen-bond acceptors (Lipinski definition) is 6. The van der Waals surface area contributed by atoms with Crippen molar-refractivity contribution in [1.82, 2.24) is 14.8 Å². The van der Waals surface area contributed by atoms with Gasteiger partial charge < -0.3 is 5.11 Å². The van der Waals surface area contributed by atoms with E-state index < -0.39 is 34.8 Å². The molecule has 3 aromatic carbocycles. The highest BCUT2D eigenvalue weighted by atomic mass is 32.2. The molecule has 2 heterocycles. The van der Waals surface area contributed by atoms with E-state index in [1.807, 2.05) is 0 Å². The van der Waals surface area contributed by atoms with Crippen LogP contribution in [-0.2, 0) is 22.0 Å². The number of carboxylic acids is 1. The molecule has 0 bridgehead atoms. The second kappa shape index (κ2) is 11.4. The highest BCUT2D eigenvalue weighted by molar-refractivity contribution is 7.90. The van der Waals surface area contributed by atoms with Crippen LogP contribution in [0.1, 0.15) is 46.1 Å². The summed E-state index contributed by atoms with van der Waals surface area (Å²) >= 11 is -0.0410. The minimum Gasteiger partial charge on any atom is -0.476 e. The number of carbonyl (C=O) groups is 1. The van der Waals surface area contributed by atoms with Crippen molar-refractivity contribution >= 4 is 28.7 Å². The van der Waals surface area contributed by atoms with Gasteiger partial charge in [-0.3, -0.25) is 0 Å². The minimum atomic E-state index is -1.19. The monoisotopic (exact) mass is 609 g/mol. The molecule has 0 amide bonds. The molecule has 0 radical (unpaired) electrons. The molecule has 214 valence electrons. The first-order valence-electron chi connectivity index (χ1n) is 12.9. The predicted octanol–water partition coefficient (Wildman–Crippen LogP) is 6.66. The molecule has 7 nitrogen and oxygen atoms in total. The lowest BCUT2D eigenvalue weighted by atomic mass is 9.95. The number of aromatic carboxylic acids is 1. The zero-order chi connectivity index (χ0) is 29.5. The topological polar surface area (TPSA) is 103 Å². The zero-order valence-corrected chi connectivity index (χ0v) is 23.8. The lowest BCUT2D eigenvalue weighted by Crippen LogP contribution is -2.17. The van der Waals surface area contributed by atoms with Gasteiger partial charge >= 0.3 is 5.97 Å². The molecular weight excluding hydrogens is 585 g/mol. The van der Waals surface area contributed by atoms with Gasteiger partial charge in [-0.25, -0.2) is 27.6 Å². The molecule has 6 rings (SSSR count). The molecular formula is C30H24F3N4O3S2+. The Morgan fingerprint density at radius 3 is 2.45 bits per heavy atom. The molecule has 5 aromatic rings. The molecule has 1 unspecified atom stereocenters. The van der Waals surface area contributed by atoms with E-state index in [1.165, 1.54) is 48.9 Å². The minimum absolute atomic E-state index is 0.0938. The standard InChI is InChI=1S/C30H23F3N4O3S2/c1-40-42(34)26-11-2-16(13-24(26)33)12-22-27(19-7-10-23(32)21(14-19)17-5-8-20(31)9-6-17)36-37(28(22)18-3-4-18)30-35-25(15-41-30)29(38)39/h2,5-11,13-15,18H,3-4,12,34H2,1H3/p+1. The summed E-state index contributed by atoms with van der Waals surface area (Å²) in [5, 5.41) is 22.1. The van der Waals surface area contributed by atoms with Crippen LogP contribution in [0.2, 0.25) is 0 Å². The van der Waals surface area contributed by atoms with Gasteiger partial charge in [-0.05, 0) is 60.4 Å². The van der Waals surface area contributed by atoms with Gasteiger partial charge in [-0.1, -0.05) is 18.2 Å². The molecule has 1 atom stereocenters. The van der Waals surface area contributed by atoms with Gasteiger partial charge in [-0.15, -0.1) is 16.5 Å². The van der Waals surface area contributed by atoms with Crippen molar-refractivity contribution in [2.75, 3.05) is 7.11 Å². The fraction of sp³-hybridized carbons (Fsp3) is 0.167. The Hall–Kier alpha value is -3.97. The third-order valence-electron chi connectivity index (χ3n) is 7.05. The van der Waals surface area contributed by atoms with Crippen molar-refractivity contribution in [3.8, 4) is 27.5 Å². The van der Waals surface area contributed by atoms with E-state index in [0.717, 1.165) is 35.4 Å². The normalized spacial score (nSPS) is 13.8. The van der Waals surface area contributed by atoms with E-state index in [-0.39, 0.29) is 22.1 Å². The summed E-state index contributed by atoms with van der Waals surface area (Å²) in [6, 6.07) is 14.9. The maximum absolute atomic E-state index is 15.0. The van der Waals surface area contributed by atoms with Crippen LogP contribution in [-0.4, -0.2) is 33.0 Å². The fourth-order valence-electron chi connectivity index (χ4n) is 4.89. The SMILES string of the molecule is CO[S+](N)c1ccc(Cc2c(-c3ccc(F)c(-c4ccc(F)cc4)c3)nn(-c3nc(C(=O)O)cs3)c2C2CC2)cc1F. The first-order valence-corrected chi connectivity index (χ1v) is 15.0. The van der Waals surface area contributed by atoms with Gasteiger partial charge in [0.15, 0.2) is 11.5 Å². The quantitative estimate of drug-likeness (QED) is 0.181. The average Bonchev–Trinajstić information content (AvgIpc) is 3.56. The number of aromatic nitrogens is 3. The molecule has 42 heavy (non-hydrogen) atoms. The lowest BCUT2D eigenvalue weighted by molar-refractivity contribution is 0.0691. The third kappa shape index (κ3) is 5.45. The Kier molecular flexibility index (Phi) is 7.62. The van der Waals surface area contributed by atoms with Gasteiger partial charge in [0.25, 0.3) is 11.4 Å². The van der Waals surface area contributed by atoms with Gasteiger partial charge in [0.1, 0.15) is 11.6 Å². The number of thiazole rings is 1. The summed E-state index contributed by atoms with van der Waals surface area (Å²) in [6.45, 7) is 0. The maximum atomic E-state index is 15.0. The van der Waals surface area contributed by atoms with Crippen molar-refractivity contribution in [3.05, 3.63) is 106 Å². The Labute approximate surface area is 246 Å². The van der Waals surface area contributed by atoms with Crippen LogP contribution in [0.5, 0.6) is 0 Å². The van der Waals surface area contributed by atoms with Crippen molar-refractivity contribution in [2.24, 2.45) is 5.14 Å². The van der Waals surface area contributed by atoms with Crippen LogP contribution >= 0.6 is 11.3 Å². The number of rotatable bonds is 9. The molecule has 3 N–H and O–H groups in total. The van der Waals surface area contributed by atoms with Gasteiger partial charge in [0.2, 0.25) is 10.0 Å². The van der Waals surface area contributed by atoms with Gasteiger partial charge in [-0.2, -0.15) is 9.28 Å². The number of hydrogen-bond donors (Lipinski definition) is 2. The lowest BCUT2D eigenvalue weighted by Gasteiger charge is -2.10. The predicted molar refractivity (Wildman–Crippen MR) is 155 cm³/mol. The highest BCUT2D eigenvalue weighted by Gasteiger charge is 2.35. The van der Waals surface area contributed by atoms with Crippen LogP contribution in [0.15, 0.2) is 70.9 Å². The fourth-order valence-corrected chi connectivity index (χ4v) is 6.28. The first kappa shape index (κ1) is 28.2. The van der Waals surface area contributed by atoms with Crippen molar-refractivity contribution in [2.45, 2.75) is 30.1 Å². The summed E-state index contributed by atoms with van der Waals surface area (Å²) in [6.07, 6.45) is 2.09. The Balaban J connectivity index is 1.52. The van der Waals surface area contributed by atoms with Crippen LogP contribution in [0, 0.1) is 17.5 Å². The Bertz CT molecular complexity index is 1800. The molecule has 12 heteroatoms. The number of nitrogens with zero attached hydrogens (tertiary/aromatic N) is 3. The number of benzene rings is 3. The molecule has 0 saturated heterocycles. The van der Waals surface area contributed by atoms with Crippen LogP contribution in [0.3, 0.4) is 0 Å². The Morgan fingerprint density at radius 2 is 1.81 bits per heavy atom. The second-order valence-corrected chi connectivity index (χ2v) is 12.0. The largest absolute Gasteiger partial charge is 0.476 e. The zero-order valence-electron chi connectivity index (χ0n) is 22.2. The smallest absolute Gasteiger partial charge is 0.355 e. The number of carboxylic acid groups (broad SMARTS) is 1. The van der Waals surface area contributed by atoms with Crippen molar-refractivity contribution < 1.29 is 27.3 Å². The van der Waals surface area contributed by atoms with Gasteiger partial charge in [0.05, 0.1) is 18.5 Å². The van der Waals surface area contributed by atoms with E-state index in [0.29, 0.717) is 33.9 Å². The van der Waals surface area contributed by atoms with E-state index in [9.17, 15) is 14.3 Å². The van der Waals surface area contributed by atoms with Crippen molar-refractivity contribution in [3.63, 3.8) is 0 Å². The first-order chi connectivity index (χ1) is 20.2. The van der Waals surface area contributed by atoms with Crippen molar-refractivity contribution in [1.29, 1.82) is 0 Å². The molecule has 1 saturated carbocycles. The van der Waals surface area contributed by atoms with E-state index in [4.69, 9.17) is 14.4 Å². The van der Waals surface area contributed by atoms with E-state index >= 15 is 8.78 Å². The maximum Gasteiger partial charge on any atom is 0.355 e. The summed E-state index contributed by atoms with van der Waals surface area (Å²) in [5.41, 5.74) is 4.12. The summed E-state index contributed by atoms with van der Waals surface area (Å²) < 4.78 is 50.4. The molecule has 1 fully saturated rings. The highest BCUT2D eigenvalue weighted by Crippen LogP contribution is 2.46. The van der Waals surface area contributed by atoms with Crippen LogP contribution < -0.4 is 5.14 Å². The summed E-state index contributed by atoms with van der Waals surface area (Å²) in [7, 11) is 1.41. The van der Waals surface area contributed by atoms with E-state index in [2.05, 4.69) is 4.98 Å². The summed E-state index contributed by atoms with van der Waals surface area (Å²) in [5.74, 6) is -2.41. The second-order valence-electron chi connectivity index (χ2n) is 9.83. The van der Waals surface area contributed by atoms with Gasteiger partial charge in [0, 0.05) is 40.5 Å². The molecule has 0 aliphatic heterocycles. The summed E-state index contributed by atoms with van der Waals surface area (Å²) in [4.78, 5) is 16.1. The Morgan fingerprint density at radius 1 is 1.07 bits per heavy atom. The molecule has 1 aliphatic rings. The molecule has 1 aliphatic carbocycles.